The van der Waals surface area contributed by atoms with E-state index in [4.69, 9.17) is 18.8 Å². The molecule has 2 aliphatic rings. The average Bonchev–Trinajstić information content (AvgIpc) is 3.51. The Hall–Kier alpha value is -2.63. The molecule has 10 nitrogen and oxygen atoms in total. The molecule has 46 heavy (non-hydrogen) atoms. The summed E-state index contributed by atoms with van der Waals surface area (Å²) in [7, 11) is 0.00458. The molecule has 1 aromatic rings. The molecular formula is C35H62BN3O7. The number of unbranched alkanes of at least 4 members (excludes halogenated alkanes) is 1. The zero-order valence-corrected chi connectivity index (χ0v) is 30.6. The van der Waals surface area contributed by atoms with E-state index in [2.05, 4.69) is 50.6 Å². The third-order valence-corrected chi connectivity index (χ3v) is 7.80. The highest BCUT2D eigenvalue weighted by atomic mass is 16.7. The molecule has 262 valence electrons. The van der Waals surface area contributed by atoms with Crippen LogP contribution in [0, 0.1) is 5.92 Å². The second-order valence-electron chi connectivity index (χ2n) is 14.2. The molecule has 2 fully saturated rings. The van der Waals surface area contributed by atoms with Crippen LogP contribution in [0.4, 0.5) is 4.79 Å². The van der Waals surface area contributed by atoms with Crippen LogP contribution in [0.1, 0.15) is 114 Å². The second kappa shape index (κ2) is 19.3. The first-order valence-electron chi connectivity index (χ1n) is 17.0. The van der Waals surface area contributed by atoms with E-state index in [-0.39, 0.29) is 48.8 Å². The van der Waals surface area contributed by atoms with Gasteiger partial charge in [0.25, 0.3) is 0 Å². The maximum Gasteiger partial charge on any atom is 0.457 e. The van der Waals surface area contributed by atoms with Crippen LogP contribution in [0.15, 0.2) is 30.3 Å². The van der Waals surface area contributed by atoms with Crippen molar-refractivity contribution in [2.24, 2.45) is 5.92 Å². The molecule has 3 atom stereocenters. The van der Waals surface area contributed by atoms with Crippen molar-refractivity contribution in [2.45, 2.75) is 157 Å². The third-order valence-electron chi connectivity index (χ3n) is 7.80. The zero-order chi connectivity index (χ0) is 35.1. The quantitative estimate of drug-likeness (QED) is 0.186. The Morgan fingerprint density at radius 1 is 1.04 bits per heavy atom. The number of carbonyl (C=O) groups is 3. The zero-order valence-electron chi connectivity index (χ0n) is 30.6. The minimum atomic E-state index is -0.709. The summed E-state index contributed by atoms with van der Waals surface area (Å²) in [6.07, 6.45) is 3.68. The number of hydrogen-bond donors (Lipinski definition) is 3. The maximum atomic E-state index is 12.8. The first-order chi connectivity index (χ1) is 21.4. The lowest BCUT2D eigenvalue weighted by molar-refractivity contribution is -0.147. The number of ether oxygens (including phenoxy) is 2. The number of esters is 1. The smallest absolute Gasteiger partial charge is 0.457 e. The summed E-state index contributed by atoms with van der Waals surface area (Å²) in [5.74, 6) is -0.427. The maximum absolute atomic E-state index is 12.8. The molecule has 11 heteroatoms. The number of rotatable bonds is 11. The number of amides is 2. The molecule has 2 saturated heterocycles. The number of benzene rings is 1. The molecular weight excluding hydrogens is 585 g/mol. The van der Waals surface area contributed by atoms with Crippen molar-refractivity contribution >= 4 is 25.1 Å². The highest BCUT2D eigenvalue weighted by Gasteiger charge is 2.50. The summed E-state index contributed by atoms with van der Waals surface area (Å²) in [6.45, 7) is 24.5. The molecule has 0 radical (unpaired) electrons. The summed E-state index contributed by atoms with van der Waals surface area (Å²) in [5, 5.41) is 8.70. The van der Waals surface area contributed by atoms with E-state index in [1.54, 1.807) is 20.8 Å². The van der Waals surface area contributed by atoms with Crippen LogP contribution < -0.4 is 16.0 Å². The van der Waals surface area contributed by atoms with Gasteiger partial charge in [-0.05, 0) is 79.1 Å². The number of carbonyl (C=O) groups excluding carboxylic acids is 3. The van der Waals surface area contributed by atoms with Crippen molar-refractivity contribution in [3.05, 3.63) is 35.9 Å². The van der Waals surface area contributed by atoms with Gasteiger partial charge in [-0.15, -0.1) is 0 Å². The number of nitrogens with one attached hydrogen (secondary N) is 3. The molecule has 3 N–H and O–H groups in total. The summed E-state index contributed by atoms with van der Waals surface area (Å²) < 4.78 is 22.3. The van der Waals surface area contributed by atoms with Crippen molar-refractivity contribution in [3.8, 4) is 0 Å². The topological polar surface area (TPSA) is 124 Å². The lowest BCUT2D eigenvalue weighted by atomic mass is 9.82. The normalized spacial score (nSPS) is 20.4. The van der Waals surface area contributed by atoms with Crippen LogP contribution in [0.2, 0.25) is 6.32 Å². The van der Waals surface area contributed by atoms with E-state index in [1.807, 2.05) is 58.0 Å². The first kappa shape index (κ1) is 41.4. The Kier molecular flexibility index (Phi) is 17.3. The Bertz CT molecular complexity index is 1040. The van der Waals surface area contributed by atoms with Gasteiger partial charge in [-0.25, -0.2) is 4.79 Å². The van der Waals surface area contributed by atoms with Crippen LogP contribution in [0.25, 0.3) is 0 Å². The number of alkyl carbamates (subject to hydrolysis) is 1. The first-order valence-corrected chi connectivity index (χ1v) is 17.0. The van der Waals surface area contributed by atoms with Crippen molar-refractivity contribution in [1.29, 1.82) is 0 Å². The summed E-state index contributed by atoms with van der Waals surface area (Å²) in [4.78, 5) is 37.3. The van der Waals surface area contributed by atoms with Crippen LogP contribution in [0.3, 0.4) is 0 Å². The molecule has 0 aliphatic carbocycles. The highest BCUT2D eigenvalue weighted by Crippen LogP contribution is 2.38. The SMILES string of the molecule is CC.CC(C)CC(NC(=O)OC(C)(C)C)C(=O)NC1CNC(C(=O)OCc2ccccc2)C1.CCCCB1OC(C)(C)C(C)(C)O1. The van der Waals surface area contributed by atoms with Gasteiger partial charge in [-0.1, -0.05) is 77.8 Å². The van der Waals surface area contributed by atoms with Gasteiger partial charge >= 0.3 is 19.2 Å². The molecule has 1 aromatic carbocycles. The molecule has 0 aromatic heterocycles. The lowest BCUT2D eigenvalue weighted by Crippen LogP contribution is -2.51. The molecule has 3 unspecified atom stereocenters. The monoisotopic (exact) mass is 647 g/mol. The van der Waals surface area contributed by atoms with E-state index in [9.17, 15) is 14.4 Å². The molecule has 0 spiro atoms. The lowest BCUT2D eigenvalue weighted by Gasteiger charge is -2.32. The Labute approximate surface area is 278 Å². The average molecular weight is 648 g/mol. The minimum Gasteiger partial charge on any atom is -0.460 e. The van der Waals surface area contributed by atoms with Crippen LogP contribution in [-0.2, 0) is 35.0 Å². The van der Waals surface area contributed by atoms with E-state index in [1.165, 1.54) is 12.8 Å². The van der Waals surface area contributed by atoms with Crippen LogP contribution >= 0.6 is 0 Å². The predicted molar refractivity (Wildman–Crippen MR) is 184 cm³/mol. The molecule has 3 rings (SSSR count). The Morgan fingerprint density at radius 2 is 1.63 bits per heavy atom. The second-order valence-corrected chi connectivity index (χ2v) is 14.2. The Morgan fingerprint density at radius 3 is 2.15 bits per heavy atom. The fourth-order valence-corrected chi connectivity index (χ4v) is 4.76. The van der Waals surface area contributed by atoms with Gasteiger partial charge in [-0.2, -0.15) is 0 Å². The highest BCUT2D eigenvalue weighted by molar-refractivity contribution is 6.45. The van der Waals surface area contributed by atoms with Gasteiger partial charge in [0, 0.05) is 12.6 Å². The van der Waals surface area contributed by atoms with E-state index < -0.39 is 23.8 Å². The summed E-state index contributed by atoms with van der Waals surface area (Å²) in [5.41, 5.74) is -0.0499. The largest absolute Gasteiger partial charge is 0.460 e. The molecule has 0 bridgehead atoms. The number of hydrogen-bond acceptors (Lipinski definition) is 8. The van der Waals surface area contributed by atoms with Gasteiger partial charge < -0.3 is 34.7 Å². The fourth-order valence-electron chi connectivity index (χ4n) is 4.76. The van der Waals surface area contributed by atoms with E-state index >= 15 is 0 Å². The summed E-state index contributed by atoms with van der Waals surface area (Å²) in [6, 6.07) is 8.06. The van der Waals surface area contributed by atoms with E-state index in [0.29, 0.717) is 19.4 Å². The minimum absolute atomic E-state index is 0.00458. The van der Waals surface area contributed by atoms with Gasteiger partial charge in [0.15, 0.2) is 0 Å². The fraction of sp³-hybridized carbons (Fsp3) is 0.743. The van der Waals surface area contributed by atoms with Crippen molar-refractivity contribution in [3.63, 3.8) is 0 Å². The van der Waals surface area contributed by atoms with Gasteiger partial charge in [0.2, 0.25) is 5.91 Å². The summed E-state index contributed by atoms with van der Waals surface area (Å²) >= 11 is 0. The Balaban J connectivity index is 0.000000586. The molecule has 2 heterocycles. The van der Waals surface area contributed by atoms with E-state index in [0.717, 1.165) is 11.9 Å². The molecule has 2 aliphatic heterocycles. The van der Waals surface area contributed by atoms with Crippen molar-refractivity contribution in [1.82, 2.24) is 16.0 Å². The predicted octanol–water partition coefficient (Wildman–Crippen LogP) is 6.42. The molecule has 2 amide bonds. The van der Waals surface area contributed by atoms with Gasteiger partial charge in [-0.3, -0.25) is 9.59 Å². The van der Waals surface area contributed by atoms with Crippen molar-refractivity contribution < 1.29 is 33.2 Å². The molecule has 0 saturated carbocycles. The van der Waals surface area contributed by atoms with Crippen molar-refractivity contribution in [2.75, 3.05) is 6.54 Å². The van der Waals surface area contributed by atoms with Gasteiger partial charge in [0.1, 0.15) is 24.3 Å². The van der Waals surface area contributed by atoms with Crippen LogP contribution in [0.5, 0.6) is 0 Å². The standard InChI is InChI=1S/C23H35N3O5.C10H21BO2.C2H6/c1-15(2)11-18(26-22(29)31-23(3,4)5)20(27)25-17-12-19(24-13-17)21(28)30-14-16-9-7-6-8-10-16;1-6-7-8-11-12-9(2,3)10(4,5)13-11;1-2/h6-10,15,17-19,24H,11-14H2,1-5H3,(H,25,27)(H,26,29);6-8H2,1-5H3;1-2H3. The van der Waals surface area contributed by atoms with Gasteiger partial charge in [0.05, 0.1) is 11.2 Å². The van der Waals surface area contributed by atoms with Crippen LogP contribution in [-0.4, -0.2) is 66.6 Å². The third kappa shape index (κ3) is 14.9.